The van der Waals surface area contributed by atoms with Crippen LogP contribution in [0.5, 0.6) is 0 Å². The fourth-order valence-electron chi connectivity index (χ4n) is 2.12. The van der Waals surface area contributed by atoms with Gasteiger partial charge in [0.1, 0.15) is 0 Å². The summed E-state index contributed by atoms with van der Waals surface area (Å²) in [4.78, 5) is 0. The molecule has 1 fully saturated rings. The van der Waals surface area contributed by atoms with Gasteiger partial charge in [0.05, 0.1) is 6.61 Å². The van der Waals surface area contributed by atoms with Gasteiger partial charge in [-0.2, -0.15) is 0 Å². The summed E-state index contributed by atoms with van der Waals surface area (Å²) in [5, 5.41) is 3.42. The molecule has 4 nitrogen and oxygen atoms in total. The van der Waals surface area contributed by atoms with E-state index in [1.807, 2.05) is 13.8 Å². The van der Waals surface area contributed by atoms with Crippen LogP contribution in [-0.4, -0.2) is 45.8 Å². The minimum Gasteiger partial charge on any atom is -0.376 e. The Labute approximate surface area is 105 Å². The third kappa shape index (κ3) is 6.99. The third-order valence-corrected chi connectivity index (χ3v) is 3.03. The first-order chi connectivity index (χ1) is 8.36. The van der Waals surface area contributed by atoms with E-state index in [1.165, 1.54) is 19.4 Å². The highest BCUT2D eigenvalue weighted by atomic mass is 16.7. The van der Waals surface area contributed by atoms with Crippen molar-refractivity contribution in [2.75, 3.05) is 39.5 Å². The van der Waals surface area contributed by atoms with Crippen molar-refractivity contribution in [1.29, 1.82) is 0 Å². The average Bonchev–Trinajstić information content (AvgIpc) is 2.36. The lowest BCUT2D eigenvalue weighted by Gasteiger charge is -2.23. The first-order valence-electron chi connectivity index (χ1n) is 6.88. The lowest BCUT2D eigenvalue weighted by atomic mass is 9.97. The summed E-state index contributed by atoms with van der Waals surface area (Å²) < 4.78 is 16.5. The molecule has 0 aliphatic carbocycles. The van der Waals surface area contributed by atoms with Crippen LogP contribution in [0.4, 0.5) is 0 Å². The number of hydrogen-bond donors (Lipinski definition) is 1. The van der Waals surface area contributed by atoms with E-state index in [1.54, 1.807) is 0 Å². The fraction of sp³-hybridized carbons (Fsp3) is 1.00. The highest BCUT2D eigenvalue weighted by molar-refractivity contribution is 4.68. The van der Waals surface area contributed by atoms with Crippen molar-refractivity contribution in [3.05, 3.63) is 0 Å². The van der Waals surface area contributed by atoms with Gasteiger partial charge in [-0.15, -0.1) is 0 Å². The van der Waals surface area contributed by atoms with Crippen molar-refractivity contribution in [3.8, 4) is 0 Å². The molecule has 0 amide bonds. The summed E-state index contributed by atoms with van der Waals surface area (Å²) in [5.74, 6) is 0.779. The monoisotopic (exact) mass is 245 g/mol. The molecule has 0 aromatic heterocycles. The zero-order valence-corrected chi connectivity index (χ0v) is 11.2. The van der Waals surface area contributed by atoms with Crippen LogP contribution in [0, 0.1) is 5.92 Å². The van der Waals surface area contributed by atoms with Crippen LogP contribution in [0.25, 0.3) is 0 Å². The van der Waals surface area contributed by atoms with Gasteiger partial charge in [0, 0.05) is 19.8 Å². The van der Waals surface area contributed by atoms with E-state index in [9.17, 15) is 0 Å². The largest absolute Gasteiger partial charge is 0.376 e. The molecule has 17 heavy (non-hydrogen) atoms. The van der Waals surface area contributed by atoms with Crippen molar-refractivity contribution in [1.82, 2.24) is 5.32 Å². The molecule has 1 atom stereocenters. The minimum atomic E-state index is -0.200. The van der Waals surface area contributed by atoms with Gasteiger partial charge in [0.15, 0.2) is 6.29 Å². The molecule has 1 unspecified atom stereocenters. The molecular weight excluding hydrogens is 218 g/mol. The Morgan fingerprint density at radius 2 is 2.00 bits per heavy atom. The summed E-state index contributed by atoms with van der Waals surface area (Å²) in [6, 6.07) is 0. The number of piperidine rings is 1. The molecule has 0 aromatic rings. The fourth-order valence-corrected chi connectivity index (χ4v) is 2.12. The van der Waals surface area contributed by atoms with E-state index in [0.717, 1.165) is 25.5 Å². The highest BCUT2D eigenvalue weighted by Gasteiger charge is 2.13. The van der Waals surface area contributed by atoms with E-state index < -0.39 is 0 Å². The molecule has 1 rings (SSSR count). The summed E-state index contributed by atoms with van der Waals surface area (Å²) in [6.07, 6.45) is 3.56. The van der Waals surface area contributed by atoms with Gasteiger partial charge in [-0.3, -0.25) is 0 Å². The highest BCUT2D eigenvalue weighted by Crippen LogP contribution is 2.13. The van der Waals surface area contributed by atoms with Gasteiger partial charge in [-0.1, -0.05) is 0 Å². The maximum absolute atomic E-state index is 5.63. The van der Waals surface area contributed by atoms with Gasteiger partial charge in [-0.05, 0) is 52.1 Å². The van der Waals surface area contributed by atoms with Crippen molar-refractivity contribution in [2.45, 2.75) is 39.4 Å². The molecule has 4 heteroatoms. The second-order valence-electron chi connectivity index (χ2n) is 4.42. The van der Waals surface area contributed by atoms with Gasteiger partial charge >= 0.3 is 0 Å². The van der Waals surface area contributed by atoms with E-state index in [0.29, 0.717) is 19.8 Å². The van der Waals surface area contributed by atoms with Gasteiger partial charge in [-0.25, -0.2) is 0 Å². The van der Waals surface area contributed by atoms with Crippen LogP contribution >= 0.6 is 0 Å². The molecule has 1 saturated heterocycles. The average molecular weight is 245 g/mol. The Morgan fingerprint density at radius 1 is 1.24 bits per heavy atom. The van der Waals surface area contributed by atoms with Gasteiger partial charge in [0.25, 0.3) is 0 Å². The molecule has 1 aliphatic rings. The molecule has 0 radical (unpaired) electrons. The third-order valence-electron chi connectivity index (χ3n) is 3.03. The zero-order chi connectivity index (χ0) is 12.3. The van der Waals surface area contributed by atoms with Crippen molar-refractivity contribution >= 4 is 0 Å². The predicted octanol–water partition coefficient (Wildman–Crippen LogP) is 1.79. The number of ether oxygens (including phenoxy) is 3. The van der Waals surface area contributed by atoms with Crippen molar-refractivity contribution < 1.29 is 14.2 Å². The summed E-state index contributed by atoms with van der Waals surface area (Å²) in [5.41, 5.74) is 0. The summed E-state index contributed by atoms with van der Waals surface area (Å²) >= 11 is 0. The smallest absolute Gasteiger partial charge is 0.180 e. The number of hydrogen-bond acceptors (Lipinski definition) is 4. The molecule has 102 valence electrons. The van der Waals surface area contributed by atoms with Crippen LogP contribution in [0.1, 0.15) is 33.1 Å². The summed E-state index contributed by atoms with van der Waals surface area (Å²) in [6.45, 7) is 8.95. The Kier molecular flexibility index (Phi) is 8.61. The molecule has 0 saturated carbocycles. The van der Waals surface area contributed by atoms with E-state index in [-0.39, 0.29) is 6.29 Å². The van der Waals surface area contributed by atoms with Crippen LogP contribution in [0.2, 0.25) is 0 Å². The van der Waals surface area contributed by atoms with E-state index >= 15 is 0 Å². The van der Waals surface area contributed by atoms with E-state index in [4.69, 9.17) is 14.2 Å². The maximum Gasteiger partial charge on any atom is 0.180 e. The molecule has 1 N–H and O–H groups in total. The van der Waals surface area contributed by atoms with Crippen LogP contribution in [-0.2, 0) is 14.2 Å². The molecule has 0 aromatic carbocycles. The first-order valence-corrected chi connectivity index (χ1v) is 6.88. The lowest BCUT2D eigenvalue weighted by molar-refractivity contribution is -0.167. The Hall–Kier alpha value is -0.160. The van der Waals surface area contributed by atoms with E-state index in [2.05, 4.69) is 5.32 Å². The Bertz CT molecular complexity index is 166. The topological polar surface area (TPSA) is 39.7 Å². The zero-order valence-electron chi connectivity index (χ0n) is 11.2. The predicted molar refractivity (Wildman–Crippen MR) is 68.1 cm³/mol. The van der Waals surface area contributed by atoms with Crippen LogP contribution in [0.3, 0.4) is 0 Å². The lowest BCUT2D eigenvalue weighted by Crippen LogP contribution is -2.31. The maximum atomic E-state index is 5.63. The quantitative estimate of drug-likeness (QED) is 0.496. The second-order valence-corrected chi connectivity index (χ2v) is 4.42. The SMILES string of the molecule is CCOC(COCCC1CCCNC1)OCC. The normalized spacial score (nSPS) is 21.0. The Balaban J connectivity index is 2.00. The first kappa shape index (κ1) is 14.9. The molecule has 0 bridgehead atoms. The van der Waals surface area contributed by atoms with Crippen molar-refractivity contribution in [2.24, 2.45) is 5.92 Å². The van der Waals surface area contributed by atoms with Gasteiger partial charge in [0.2, 0.25) is 0 Å². The molecule has 1 heterocycles. The molecule has 0 spiro atoms. The van der Waals surface area contributed by atoms with Gasteiger partial charge < -0.3 is 19.5 Å². The minimum absolute atomic E-state index is 0.200. The van der Waals surface area contributed by atoms with Crippen LogP contribution in [0.15, 0.2) is 0 Å². The number of rotatable bonds is 9. The van der Waals surface area contributed by atoms with Crippen LogP contribution < -0.4 is 5.32 Å². The van der Waals surface area contributed by atoms with Crippen molar-refractivity contribution in [3.63, 3.8) is 0 Å². The molecular formula is C13H27NO3. The second kappa shape index (κ2) is 9.83. The summed E-state index contributed by atoms with van der Waals surface area (Å²) in [7, 11) is 0. The number of nitrogens with one attached hydrogen (secondary N) is 1. The Morgan fingerprint density at radius 3 is 2.59 bits per heavy atom. The standard InChI is InChI=1S/C13H27NO3/c1-3-16-13(17-4-2)11-15-9-7-12-6-5-8-14-10-12/h12-14H,3-11H2,1-2H3. The molecule has 1 aliphatic heterocycles.